The number of aromatic nitrogens is 2. The maximum Gasteiger partial charge on any atom is 0.255 e. The molecule has 2 aromatic carbocycles. The van der Waals surface area contributed by atoms with Gasteiger partial charge in [-0.1, -0.05) is 29.4 Å². The van der Waals surface area contributed by atoms with Crippen molar-refractivity contribution in [1.29, 1.82) is 0 Å². The van der Waals surface area contributed by atoms with Gasteiger partial charge in [-0.05, 0) is 56.2 Å². The Morgan fingerprint density at radius 3 is 2.64 bits per heavy atom. The minimum Gasteiger partial charge on any atom is -0.339 e. The molecule has 3 aromatic rings. The highest BCUT2D eigenvalue weighted by atomic mass is 32.2. The summed E-state index contributed by atoms with van der Waals surface area (Å²) in [5, 5.41) is 3.96. The Kier molecular flexibility index (Phi) is 7.16. The first kappa shape index (κ1) is 23.5. The normalized spacial score (nSPS) is 14.4. The molecular weight excluding hydrogens is 460 g/mol. The molecule has 1 N–H and O–H groups in total. The molecule has 4 rings (SSSR count). The number of rotatable bonds is 7. The first-order valence-electron chi connectivity index (χ1n) is 10.7. The third-order valence-electron chi connectivity index (χ3n) is 5.62. The number of hydrogen-bond donors (Lipinski definition) is 1. The lowest BCUT2D eigenvalue weighted by Gasteiger charge is -2.27. The minimum atomic E-state index is -3.89. The summed E-state index contributed by atoms with van der Waals surface area (Å²) < 4.78 is 33.6. The number of benzene rings is 2. The average Bonchev–Trinajstić information content (AvgIpc) is 3.31. The van der Waals surface area contributed by atoms with Crippen molar-refractivity contribution in [1.82, 2.24) is 19.8 Å². The Labute approximate surface area is 197 Å². The van der Waals surface area contributed by atoms with Crippen LogP contribution in [0.4, 0.5) is 0 Å². The van der Waals surface area contributed by atoms with Crippen LogP contribution in [-0.2, 0) is 16.6 Å². The maximum atomic E-state index is 13.1. The maximum absolute atomic E-state index is 13.1. The van der Waals surface area contributed by atoms with E-state index >= 15 is 0 Å². The summed E-state index contributed by atoms with van der Waals surface area (Å²) in [5.74, 6) is 0.430. The molecule has 8 nitrogen and oxygen atoms in total. The van der Waals surface area contributed by atoms with Gasteiger partial charge in [-0.2, -0.15) is 4.98 Å². The Hall–Kier alpha value is -2.69. The largest absolute Gasteiger partial charge is 0.339 e. The van der Waals surface area contributed by atoms with Crippen molar-refractivity contribution in [2.45, 2.75) is 42.5 Å². The first-order valence-corrected chi connectivity index (χ1v) is 13.5. The fraction of sp³-hybridized carbons (Fsp3) is 0.348. The predicted octanol–water partition coefficient (Wildman–Crippen LogP) is 3.87. The zero-order chi connectivity index (χ0) is 23.4. The molecule has 1 aliphatic heterocycles. The van der Waals surface area contributed by atoms with Gasteiger partial charge in [0.15, 0.2) is 0 Å². The van der Waals surface area contributed by atoms with Crippen LogP contribution in [0.2, 0.25) is 0 Å². The Balaban J connectivity index is 1.52. The molecule has 33 heavy (non-hydrogen) atoms. The summed E-state index contributed by atoms with van der Waals surface area (Å²) in [5.41, 5.74) is 2.22. The van der Waals surface area contributed by atoms with Crippen LogP contribution in [0.3, 0.4) is 0 Å². The van der Waals surface area contributed by atoms with E-state index in [2.05, 4.69) is 14.9 Å². The van der Waals surface area contributed by atoms with Crippen LogP contribution in [0.1, 0.15) is 41.1 Å². The van der Waals surface area contributed by atoms with Gasteiger partial charge in [-0.15, -0.1) is 11.8 Å². The number of carbonyl (C=O) groups is 1. The van der Waals surface area contributed by atoms with Crippen molar-refractivity contribution in [2.75, 3.05) is 19.3 Å². The van der Waals surface area contributed by atoms with Gasteiger partial charge < -0.3 is 9.42 Å². The van der Waals surface area contributed by atoms with Crippen molar-refractivity contribution in [3.8, 4) is 11.4 Å². The van der Waals surface area contributed by atoms with Crippen molar-refractivity contribution in [3.63, 3.8) is 0 Å². The van der Waals surface area contributed by atoms with Crippen LogP contribution in [0.5, 0.6) is 0 Å². The van der Waals surface area contributed by atoms with E-state index in [1.165, 1.54) is 23.9 Å². The molecule has 1 fully saturated rings. The van der Waals surface area contributed by atoms with Crippen molar-refractivity contribution in [3.05, 3.63) is 59.5 Å². The quantitative estimate of drug-likeness (QED) is 0.505. The topological polar surface area (TPSA) is 105 Å². The van der Waals surface area contributed by atoms with Gasteiger partial charge in [0.05, 0.1) is 17.0 Å². The van der Waals surface area contributed by atoms with E-state index in [-0.39, 0.29) is 23.2 Å². The van der Waals surface area contributed by atoms with E-state index in [0.717, 1.165) is 35.3 Å². The molecule has 1 aromatic heterocycles. The molecule has 174 valence electrons. The second-order valence-electron chi connectivity index (χ2n) is 7.87. The Morgan fingerprint density at radius 2 is 1.91 bits per heavy atom. The molecule has 0 radical (unpaired) electrons. The van der Waals surface area contributed by atoms with Crippen LogP contribution < -0.4 is 4.72 Å². The zero-order valence-electron chi connectivity index (χ0n) is 18.6. The zero-order valence-corrected chi connectivity index (χ0v) is 20.2. The highest BCUT2D eigenvalue weighted by Gasteiger charge is 2.24. The molecule has 0 atom stereocenters. The van der Waals surface area contributed by atoms with E-state index < -0.39 is 10.0 Å². The number of nitrogens with one attached hydrogen (secondary N) is 1. The Bertz CT molecular complexity index is 1250. The minimum absolute atomic E-state index is 0.0271. The molecule has 0 saturated carbocycles. The van der Waals surface area contributed by atoms with Gasteiger partial charge in [-0.3, -0.25) is 4.79 Å². The second-order valence-corrected chi connectivity index (χ2v) is 10.5. The van der Waals surface area contributed by atoms with Gasteiger partial charge in [0.2, 0.25) is 21.7 Å². The van der Waals surface area contributed by atoms with Crippen LogP contribution >= 0.6 is 11.8 Å². The molecule has 1 amide bonds. The highest BCUT2D eigenvalue weighted by Crippen LogP contribution is 2.26. The van der Waals surface area contributed by atoms with Gasteiger partial charge in [-0.25, -0.2) is 13.1 Å². The fourth-order valence-electron chi connectivity index (χ4n) is 3.79. The van der Waals surface area contributed by atoms with Crippen LogP contribution in [0.15, 0.2) is 56.8 Å². The van der Waals surface area contributed by atoms with Gasteiger partial charge >= 0.3 is 0 Å². The average molecular weight is 487 g/mol. The van der Waals surface area contributed by atoms with E-state index in [9.17, 15) is 13.2 Å². The summed E-state index contributed by atoms with van der Waals surface area (Å²) in [4.78, 5) is 20.0. The number of hydrogen-bond acceptors (Lipinski definition) is 7. The van der Waals surface area contributed by atoms with Gasteiger partial charge in [0, 0.05) is 23.5 Å². The van der Waals surface area contributed by atoms with Crippen LogP contribution in [-0.4, -0.2) is 48.7 Å². The number of carbonyl (C=O) groups excluding carboxylic acids is 1. The van der Waals surface area contributed by atoms with E-state index in [1.807, 2.05) is 37.4 Å². The molecular formula is C23H26N4O4S2. The first-order chi connectivity index (χ1) is 15.9. The molecule has 1 saturated heterocycles. The van der Waals surface area contributed by atoms with Crippen molar-refractivity contribution >= 4 is 27.7 Å². The third kappa shape index (κ3) is 5.29. The number of piperidine rings is 1. The molecule has 0 bridgehead atoms. The van der Waals surface area contributed by atoms with Crippen LogP contribution in [0.25, 0.3) is 11.4 Å². The lowest BCUT2D eigenvalue weighted by Crippen LogP contribution is -2.36. The van der Waals surface area contributed by atoms with Crippen LogP contribution in [0, 0.1) is 6.92 Å². The Morgan fingerprint density at radius 1 is 1.15 bits per heavy atom. The SMILES string of the molecule is CSc1ccc(S(=O)(=O)NCc2nc(-c3ccccc3C)no2)cc1C(=O)N1CCCCC1. The standard InChI is InChI=1S/C23H26N4O4S2/c1-16-8-4-5-9-18(16)22-25-21(31-26-22)15-24-33(29,30)17-10-11-20(32-2)19(14-17)23(28)27-12-6-3-7-13-27/h4-5,8-11,14,24H,3,6-7,12-13,15H2,1-2H3. The van der Waals surface area contributed by atoms with Gasteiger partial charge in [0.25, 0.3) is 5.91 Å². The summed E-state index contributed by atoms with van der Waals surface area (Å²) >= 11 is 1.42. The fourth-order valence-corrected chi connectivity index (χ4v) is 5.36. The molecule has 0 spiro atoms. The number of thioether (sulfide) groups is 1. The monoisotopic (exact) mass is 486 g/mol. The molecule has 0 unspecified atom stereocenters. The highest BCUT2D eigenvalue weighted by molar-refractivity contribution is 7.98. The van der Waals surface area contributed by atoms with E-state index in [1.54, 1.807) is 11.0 Å². The number of amides is 1. The summed E-state index contributed by atoms with van der Waals surface area (Å²) in [6.45, 7) is 3.18. The van der Waals surface area contributed by atoms with Gasteiger partial charge in [0.1, 0.15) is 0 Å². The lowest BCUT2D eigenvalue weighted by atomic mass is 10.1. The van der Waals surface area contributed by atoms with Crippen molar-refractivity contribution < 1.29 is 17.7 Å². The number of sulfonamides is 1. The van der Waals surface area contributed by atoms with E-state index in [0.29, 0.717) is 24.5 Å². The number of aryl methyl sites for hydroxylation is 1. The predicted molar refractivity (Wildman–Crippen MR) is 126 cm³/mol. The molecule has 10 heteroatoms. The number of likely N-dealkylation sites (tertiary alicyclic amines) is 1. The smallest absolute Gasteiger partial charge is 0.255 e. The molecule has 1 aliphatic rings. The summed E-state index contributed by atoms with van der Waals surface area (Å²) in [6.07, 6.45) is 4.91. The molecule has 0 aliphatic carbocycles. The second kappa shape index (κ2) is 10.1. The third-order valence-corrected chi connectivity index (χ3v) is 7.82. The summed E-state index contributed by atoms with van der Waals surface area (Å²) in [7, 11) is -3.89. The summed E-state index contributed by atoms with van der Waals surface area (Å²) in [6, 6.07) is 12.3. The number of nitrogens with zero attached hydrogens (tertiary/aromatic N) is 3. The lowest BCUT2D eigenvalue weighted by molar-refractivity contribution is 0.0720. The van der Waals surface area contributed by atoms with E-state index in [4.69, 9.17) is 4.52 Å². The van der Waals surface area contributed by atoms with Crippen molar-refractivity contribution in [2.24, 2.45) is 0 Å². The molecule has 2 heterocycles.